The van der Waals surface area contributed by atoms with Crippen molar-refractivity contribution >= 4 is 0 Å². The molecule has 0 aromatic heterocycles. The summed E-state index contributed by atoms with van der Waals surface area (Å²) in [5, 5.41) is 0. The molecule has 0 bridgehead atoms. The first kappa shape index (κ1) is 11.9. The minimum atomic E-state index is 1.10. The van der Waals surface area contributed by atoms with Gasteiger partial charge in [-0.2, -0.15) is 0 Å². The van der Waals surface area contributed by atoms with Crippen molar-refractivity contribution in [3.8, 4) is 0 Å². The second-order valence-electron chi connectivity index (χ2n) is 4.64. The molecule has 0 aliphatic heterocycles. The highest BCUT2D eigenvalue weighted by Crippen LogP contribution is 2.11. The maximum absolute atomic E-state index is 2.30. The van der Waals surface area contributed by atoms with Gasteiger partial charge in [0.05, 0.1) is 0 Å². The van der Waals surface area contributed by atoms with Gasteiger partial charge >= 0.3 is 0 Å². The summed E-state index contributed by atoms with van der Waals surface area (Å²) < 4.78 is 0. The van der Waals surface area contributed by atoms with Crippen LogP contribution in [-0.4, -0.2) is 0 Å². The van der Waals surface area contributed by atoms with E-state index >= 15 is 0 Å². The lowest BCUT2D eigenvalue weighted by Gasteiger charge is -2.03. The van der Waals surface area contributed by atoms with Gasteiger partial charge in [-0.15, -0.1) is 0 Å². The number of hydrogen-bond acceptors (Lipinski definition) is 0. The summed E-state index contributed by atoms with van der Waals surface area (Å²) in [4.78, 5) is 0. The lowest BCUT2D eigenvalue weighted by atomic mass is 10.0. The lowest BCUT2D eigenvalue weighted by Crippen LogP contribution is -1.88. The van der Waals surface area contributed by atoms with Crippen LogP contribution in [0, 0.1) is 20.3 Å². The molecule has 0 N–H and O–H groups in total. The molecule has 0 atom stereocenters. The maximum Gasteiger partial charge on any atom is -0.00898 e. The third-order valence-corrected chi connectivity index (χ3v) is 3.01. The van der Waals surface area contributed by atoms with Crippen LogP contribution in [0.5, 0.6) is 0 Å². The molecule has 17 heavy (non-hydrogen) atoms. The van der Waals surface area contributed by atoms with E-state index in [-0.39, 0.29) is 0 Å². The summed E-state index contributed by atoms with van der Waals surface area (Å²) in [6.45, 7) is 4.25. The SMILES string of the molecule is Cc1ccc([CH]CCc2ccc(C)cc2)cc1. The molecule has 0 heteroatoms. The third-order valence-electron chi connectivity index (χ3n) is 3.01. The van der Waals surface area contributed by atoms with E-state index in [9.17, 15) is 0 Å². The van der Waals surface area contributed by atoms with Gasteiger partial charge in [-0.05, 0) is 44.2 Å². The van der Waals surface area contributed by atoms with Crippen molar-refractivity contribution in [1.82, 2.24) is 0 Å². The summed E-state index contributed by atoms with van der Waals surface area (Å²) in [7, 11) is 0. The van der Waals surface area contributed by atoms with Crippen LogP contribution in [0.4, 0.5) is 0 Å². The minimum Gasteiger partial charge on any atom is -0.0591 e. The molecule has 0 aliphatic carbocycles. The topological polar surface area (TPSA) is 0 Å². The largest absolute Gasteiger partial charge is 0.0591 e. The summed E-state index contributed by atoms with van der Waals surface area (Å²) in [5.41, 5.74) is 5.39. The van der Waals surface area contributed by atoms with Crippen molar-refractivity contribution in [2.24, 2.45) is 0 Å². The fraction of sp³-hybridized carbons (Fsp3) is 0.235. The first-order valence-corrected chi connectivity index (χ1v) is 6.19. The summed E-state index contributed by atoms with van der Waals surface area (Å²) in [6, 6.07) is 17.5. The van der Waals surface area contributed by atoms with Gasteiger partial charge in [0, 0.05) is 0 Å². The number of hydrogen-bond donors (Lipinski definition) is 0. The molecule has 2 aromatic carbocycles. The third kappa shape index (κ3) is 3.74. The van der Waals surface area contributed by atoms with Crippen LogP contribution >= 0.6 is 0 Å². The van der Waals surface area contributed by atoms with E-state index in [0.717, 1.165) is 12.8 Å². The second kappa shape index (κ2) is 5.67. The fourth-order valence-electron chi connectivity index (χ4n) is 1.86. The van der Waals surface area contributed by atoms with E-state index in [2.05, 4.69) is 68.8 Å². The molecule has 0 amide bonds. The summed E-state index contributed by atoms with van der Waals surface area (Å²) in [5.74, 6) is 0. The van der Waals surface area contributed by atoms with Crippen LogP contribution in [0.1, 0.15) is 28.7 Å². The Morgan fingerprint density at radius 3 is 1.88 bits per heavy atom. The molecule has 2 rings (SSSR count). The van der Waals surface area contributed by atoms with Crippen LogP contribution in [0.15, 0.2) is 48.5 Å². The number of aryl methyl sites for hydroxylation is 3. The zero-order valence-corrected chi connectivity index (χ0v) is 10.6. The Morgan fingerprint density at radius 1 is 0.765 bits per heavy atom. The average molecular weight is 223 g/mol. The highest BCUT2D eigenvalue weighted by atomic mass is 14.0. The average Bonchev–Trinajstić information content (AvgIpc) is 2.34. The molecule has 87 valence electrons. The van der Waals surface area contributed by atoms with Crippen molar-refractivity contribution in [1.29, 1.82) is 0 Å². The van der Waals surface area contributed by atoms with Crippen LogP contribution < -0.4 is 0 Å². The zero-order valence-electron chi connectivity index (χ0n) is 10.6. The first-order valence-electron chi connectivity index (χ1n) is 6.19. The smallest absolute Gasteiger partial charge is 0.00898 e. The first-order chi connectivity index (χ1) is 8.24. The Balaban J connectivity index is 1.83. The van der Waals surface area contributed by atoms with Crippen molar-refractivity contribution < 1.29 is 0 Å². The van der Waals surface area contributed by atoms with Crippen molar-refractivity contribution in [3.05, 3.63) is 77.2 Å². The van der Waals surface area contributed by atoms with E-state index in [1.807, 2.05) is 0 Å². The Kier molecular flexibility index (Phi) is 3.98. The van der Waals surface area contributed by atoms with Gasteiger partial charge in [0.1, 0.15) is 0 Å². The molecular weight excluding hydrogens is 204 g/mol. The predicted molar refractivity (Wildman–Crippen MR) is 74.1 cm³/mol. The molecule has 0 saturated heterocycles. The minimum absolute atomic E-state index is 1.10. The summed E-state index contributed by atoms with van der Waals surface area (Å²) >= 11 is 0. The number of rotatable bonds is 4. The van der Waals surface area contributed by atoms with Crippen LogP contribution in [0.25, 0.3) is 0 Å². The van der Waals surface area contributed by atoms with Crippen molar-refractivity contribution in [3.63, 3.8) is 0 Å². The lowest BCUT2D eigenvalue weighted by molar-refractivity contribution is 0.950. The Morgan fingerprint density at radius 2 is 1.29 bits per heavy atom. The quantitative estimate of drug-likeness (QED) is 0.716. The van der Waals surface area contributed by atoms with Crippen LogP contribution in [0.2, 0.25) is 0 Å². The van der Waals surface area contributed by atoms with Crippen molar-refractivity contribution in [2.45, 2.75) is 26.7 Å². The molecular formula is C17H19. The highest BCUT2D eigenvalue weighted by Gasteiger charge is 1.96. The van der Waals surface area contributed by atoms with Crippen molar-refractivity contribution in [2.75, 3.05) is 0 Å². The van der Waals surface area contributed by atoms with E-state index in [1.165, 1.54) is 22.3 Å². The van der Waals surface area contributed by atoms with E-state index in [1.54, 1.807) is 0 Å². The highest BCUT2D eigenvalue weighted by molar-refractivity contribution is 5.27. The maximum atomic E-state index is 2.30. The van der Waals surface area contributed by atoms with Gasteiger partial charge in [0.15, 0.2) is 0 Å². The number of benzene rings is 2. The Hall–Kier alpha value is -1.56. The molecule has 0 unspecified atom stereocenters. The molecule has 0 saturated carbocycles. The zero-order chi connectivity index (χ0) is 12.1. The van der Waals surface area contributed by atoms with Gasteiger partial charge in [-0.25, -0.2) is 0 Å². The monoisotopic (exact) mass is 223 g/mol. The van der Waals surface area contributed by atoms with E-state index in [0.29, 0.717) is 0 Å². The molecule has 2 aromatic rings. The molecule has 0 fully saturated rings. The second-order valence-corrected chi connectivity index (χ2v) is 4.64. The van der Waals surface area contributed by atoms with Gasteiger partial charge in [0.2, 0.25) is 0 Å². The van der Waals surface area contributed by atoms with Gasteiger partial charge in [-0.3, -0.25) is 0 Å². The predicted octanol–water partition coefficient (Wildman–Crippen LogP) is 4.49. The fourth-order valence-corrected chi connectivity index (χ4v) is 1.86. The van der Waals surface area contributed by atoms with E-state index in [4.69, 9.17) is 0 Å². The van der Waals surface area contributed by atoms with Crippen LogP contribution in [0.3, 0.4) is 0 Å². The standard InChI is InChI=1S/C17H19/c1-14-6-10-16(11-7-14)4-3-5-17-12-8-15(2)9-13-17/h4,6-13H,3,5H2,1-2H3. The van der Waals surface area contributed by atoms with Gasteiger partial charge in [-0.1, -0.05) is 59.7 Å². The normalized spacial score (nSPS) is 10.5. The van der Waals surface area contributed by atoms with Crippen LogP contribution in [-0.2, 0) is 6.42 Å². The Labute approximate surface area is 104 Å². The van der Waals surface area contributed by atoms with E-state index < -0.39 is 0 Å². The van der Waals surface area contributed by atoms with Gasteiger partial charge in [0.25, 0.3) is 0 Å². The Bertz CT molecular complexity index is 403. The molecule has 0 aliphatic rings. The summed E-state index contributed by atoms with van der Waals surface area (Å²) in [6.07, 6.45) is 4.53. The van der Waals surface area contributed by atoms with Gasteiger partial charge < -0.3 is 0 Å². The molecule has 0 spiro atoms. The molecule has 1 radical (unpaired) electrons. The molecule has 0 nitrogen and oxygen atoms in total. The molecule has 0 heterocycles.